The molecule has 0 aliphatic carbocycles. The molecule has 3 aliphatic heterocycles. The van der Waals surface area contributed by atoms with Crippen molar-refractivity contribution in [2.45, 2.75) is 82.9 Å². The van der Waals surface area contributed by atoms with Crippen LogP contribution in [-0.4, -0.2) is 62.7 Å². The number of imidazole rings is 2. The van der Waals surface area contributed by atoms with Crippen LogP contribution in [0.25, 0.3) is 11.3 Å². The fourth-order valence-corrected chi connectivity index (χ4v) is 6.33. The summed E-state index contributed by atoms with van der Waals surface area (Å²) in [5, 5.41) is 3.38. The van der Waals surface area contributed by atoms with Gasteiger partial charge in [0.2, 0.25) is 0 Å². The standard InChI is InChI=1S/C30H39F2N7O2/c1-30(2,3)41-29(40)39-11-5-7-25(39)28-35-16-23(37-28)18-8-12-38(13-9-18)26-20(31)14-19(15-21(26)32)24-17-34-27(36-24)22-6-4-10-33-22/h14-18,22,25,33H,4-13H2,1-3H3,(H,34,36)(H,35,37). The molecule has 2 atom stereocenters. The van der Waals surface area contributed by atoms with Crippen LogP contribution in [0.15, 0.2) is 24.5 Å². The molecule has 0 saturated carbocycles. The molecule has 220 valence electrons. The van der Waals surface area contributed by atoms with Crippen molar-refractivity contribution >= 4 is 11.8 Å². The van der Waals surface area contributed by atoms with Crippen molar-refractivity contribution in [2.24, 2.45) is 0 Å². The molecule has 2 aromatic heterocycles. The van der Waals surface area contributed by atoms with Gasteiger partial charge in [-0.1, -0.05) is 0 Å². The average molecular weight is 568 g/mol. The molecule has 3 fully saturated rings. The van der Waals surface area contributed by atoms with Gasteiger partial charge in [-0.2, -0.15) is 0 Å². The topological polar surface area (TPSA) is 102 Å². The molecule has 41 heavy (non-hydrogen) atoms. The number of hydrogen-bond donors (Lipinski definition) is 3. The number of aromatic amines is 2. The predicted octanol–water partition coefficient (Wildman–Crippen LogP) is 5.96. The molecular formula is C30H39F2N7O2. The molecule has 3 saturated heterocycles. The second-order valence-electron chi connectivity index (χ2n) is 12.4. The van der Waals surface area contributed by atoms with Crippen LogP contribution < -0.4 is 10.2 Å². The number of nitrogens with one attached hydrogen (secondary N) is 3. The smallest absolute Gasteiger partial charge is 0.410 e. The third kappa shape index (κ3) is 5.82. The van der Waals surface area contributed by atoms with Crippen LogP contribution in [0.5, 0.6) is 0 Å². The van der Waals surface area contributed by atoms with Gasteiger partial charge in [-0.25, -0.2) is 23.5 Å². The first kappa shape index (κ1) is 27.7. The van der Waals surface area contributed by atoms with Crippen LogP contribution >= 0.6 is 0 Å². The van der Waals surface area contributed by atoms with E-state index in [9.17, 15) is 4.79 Å². The SMILES string of the molecule is CC(C)(C)OC(=O)N1CCCC1c1ncc(C2CCN(c3c(F)cc(-c4cnc(C5CCCN5)[nH]4)cc3F)CC2)[nH]1. The first-order chi connectivity index (χ1) is 19.7. The van der Waals surface area contributed by atoms with Gasteiger partial charge in [0.1, 0.15) is 34.6 Å². The summed E-state index contributed by atoms with van der Waals surface area (Å²) in [7, 11) is 0. The van der Waals surface area contributed by atoms with Crippen LogP contribution in [0.3, 0.4) is 0 Å². The molecule has 1 amide bonds. The highest BCUT2D eigenvalue weighted by molar-refractivity contribution is 5.69. The number of rotatable bonds is 5. The van der Waals surface area contributed by atoms with Gasteiger partial charge in [0.25, 0.3) is 0 Å². The molecule has 3 aliphatic rings. The van der Waals surface area contributed by atoms with E-state index >= 15 is 8.78 Å². The number of anilines is 1. The number of nitrogens with zero attached hydrogens (tertiary/aromatic N) is 4. The van der Waals surface area contributed by atoms with Crippen molar-refractivity contribution in [3.8, 4) is 11.3 Å². The number of halogens is 2. The van der Waals surface area contributed by atoms with E-state index < -0.39 is 17.2 Å². The highest BCUT2D eigenvalue weighted by Crippen LogP contribution is 2.37. The number of amides is 1. The Labute approximate surface area is 239 Å². The van der Waals surface area contributed by atoms with Gasteiger partial charge in [-0.3, -0.25) is 4.90 Å². The number of aromatic nitrogens is 4. The Morgan fingerprint density at radius 1 is 0.951 bits per heavy atom. The highest BCUT2D eigenvalue weighted by Gasteiger charge is 2.35. The fraction of sp³-hybridized carbons (Fsp3) is 0.567. The quantitative estimate of drug-likeness (QED) is 0.352. The van der Waals surface area contributed by atoms with E-state index in [2.05, 4.69) is 25.3 Å². The van der Waals surface area contributed by atoms with Crippen molar-refractivity contribution in [3.63, 3.8) is 0 Å². The zero-order valence-electron chi connectivity index (χ0n) is 24.0. The fourth-order valence-electron chi connectivity index (χ4n) is 6.33. The van der Waals surface area contributed by atoms with Gasteiger partial charge in [0.15, 0.2) is 0 Å². The van der Waals surface area contributed by atoms with Crippen molar-refractivity contribution in [2.75, 3.05) is 31.1 Å². The van der Waals surface area contributed by atoms with Gasteiger partial charge in [0, 0.05) is 43.0 Å². The minimum absolute atomic E-state index is 0.0219. The van der Waals surface area contributed by atoms with E-state index in [1.807, 2.05) is 27.0 Å². The van der Waals surface area contributed by atoms with Gasteiger partial charge in [-0.15, -0.1) is 0 Å². The van der Waals surface area contributed by atoms with Gasteiger partial charge >= 0.3 is 6.09 Å². The third-order valence-corrected chi connectivity index (χ3v) is 8.38. The summed E-state index contributed by atoms with van der Waals surface area (Å²) >= 11 is 0. The number of carbonyl (C=O) groups excluding carboxylic acids is 1. The molecule has 3 N–H and O–H groups in total. The second-order valence-corrected chi connectivity index (χ2v) is 12.4. The zero-order valence-corrected chi connectivity index (χ0v) is 24.0. The second kappa shape index (κ2) is 11.1. The normalized spacial score (nSPS) is 22.1. The molecule has 0 radical (unpaired) electrons. The number of likely N-dealkylation sites (tertiary alicyclic amines) is 1. The summed E-state index contributed by atoms with van der Waals surface area (Å²) in [4.78, 5) is 32.0. The number of piperidine rings is 1. The lowest BCUT2D eigenvalue weighted by atomic mass is 9.93. The van der Waals surface area contributed by atoms with E-state index in [1.54, 1.807) is 16.0 Å². The lowest BCUT2D eigenvalue weighted by molar-refractivity contribution is 0.0218. The maximum absolute atomic E-state index is 15.3. The Kier molecular flexibility index (Phi) is 7.48. The van der Waals surface area contributed by atoms with Crippen LogP contribution in [0, 0.1) is 11.6 Å². The van der Waals surface area contributed by atoms with Crippen molar-refractivity contribution in [1.29, 1.82) is 0 Å². The summed E-state index contributed by atoms with van der Waals surface area (Å²) in [5.74, 6) is 0.629. The molecular weight excluding hydrogens is 528 g/mol. The first-order valence-corrected chi connectivity index (χ1v) is 14.7. The number of hydrogen-bond acceptors (Lipinski definition) is 6. The van der Waals surface area contributed by atoms with E-state index in [4.69, 9.17) is 4.74 Å². The number of benzene rings is 1. The number of ether oxygens (including phenoxy) is 1. The van der Waals surface area contributed by atoms with E-state index in [0.29, 0.717) is 30.9 Å². The Balaban J connectivity index is 1.10. The lowest BCUT2D eigenvalue weighted by Gasteiger charge is -2.33. The highest BCUT2D eigenvalue weighted by atomic mass is 19.1. The van der Waals surface area contributed by atoms with Crippen LogP contribution in [-0.2, 0) is 4.74 Å². The van der Waals surface area contributed by atoms with Crippen molar-refractivity contribution in [3.05, 3.63) is 53.5 Å². The minimum atomic E-state index is -0.569. The molecule has 11 heteroatoms. The predicted molar refractivity (Wildman–Crippen MR) is 152 cm³/mol. The average Bonchev–Trinajstić information content (AvgIpc) is 3.73. The van der Waals surface area contributed by atoms with Crippen molar-refractivity contribution in [1.82, 2.24) is 30.2 Å². The summed E-state index contributed by atoms with van der Waals surface area (Å²) in [6, 6.07) is 2.80. The number of H-pyrrole nitrogens is 2. The maximum atomic E-state index is 15.3. The summed E-state index contributed by atoms with van der Waals surface area (Å²) in [6.07, 6.45) is 8.45. The summed E-state index contributed by atoms with van der Waals surface area (Å²) in [6.45, 7) is 8.24. The molecule has 1 aromatic carbocycles. The molecule has 2 unspecified atom stereocenters. The summed E-state index contributed by atoms with van der Waals surface area (Å²) < 4.78 is 36.2. The van der Waals surface area contributed by atoms with E-state index in [-0.39, 0.29) is 29.8 Å². The molecule has 5 heterocycles. The zero-order chi connectivity index (χ0) is 28.7. The lowest BCUT2D eigenvalue weighted by Crippen LogP contribution is -2.36. The van der Waals surface area contributed by atoms with Gasteiger partial charge in [-0.05, 0) is 78.0 Å². The van der Waals surface area contributed by atoms with E-state index in [1.165, 1.54) is 12.1 Å². The number of carbonyl (C=O) groups is 1. The first-order valence-electron chi connectivity index (χ1n) is 14.7. The maximum Gasteiger partial charge on any atom is 0.410 e. The monoisotopic (exact) mass is 567 g/mol. The van der Waals surface area contributed by atoms with E-state index in [0.717, 1.165) is 62.4 Å². The van der Waals surface area contributed by atoms with Crippen molar-refractivity contribution < 1.29 is 18.3 Å². The van der Waals surface area contributed by atoms with Gasteiger partial charge in [0.05, 0.1) is 24.0 Å². The van der Waals surface area contributed by atoms with Crippen LogP contribution in [0.1, 0.15) is 94.6 Å². The molecule has 6 rings (SSSR count). The van der Waals surface area contributed by atoms with Crippen LogP contribution in [0.4, 0.5) is 19.3 Å². The Morgan fingerprint density at radius 3 is 2.37 bits per heavy atom. The molecule has 3 aromatic rings. The largest absolute Gasteiger partial charge is 0.444 e. The third-order valence-electron chi connectivity index (χ3n) is 8.38. The molecule has 9 nitrogen and oxygen atoms in total. The molecule has 0 spiro atoms. The minimum Gasteiger partial charge on any atom is -0.444 e. The van der Waals surface area contributed by atoms with Gasteiger partial charge < -0.3 is 24.9 Å². The Bertz CT molecular complexity index is 1360. The van der Waals surface area contributed by atoms with Crippen LogP contribution in [0.2, 0.25) is 0 Å². The molecule has 0 bridgehead atoms. The Morgan fingerprint density at radius 2 is 1.68 bits per heavy atom. The summed E-state index contributed by atoms with van der Waals surface area (Å²) in [5.41, 5.74) is 1.53. The Hall–Kier alpha value is -3.47.